The Bertz CT molecular complexity index is 2310. The van der Waals surface area contributed by atoms with Gasteiger partial charge in [0, 0.05) is 17.1 Å². The molecule has 51 heavy (non-hydrogen) atoms. The van der Waals surface area contributed by atoms with Crippen molar-refractivity contribution in [3.8, 4) is 55.6 Å². The monoisotopic (exact) mass is 653 g/mol. The summed E-state index contributed by atoms with van der Waals surface area (Å²) in [7, 11) is 0. The number of hydrogen-bond donors (Lipinski definition) is 0. The van der Waals surface area contributed by atoms with Gasteiger partial charge in [-0.15, -0.1) is 0 Å². The summed E-state index contributed by atoms with van der Waals surface area (Å²) in [5.41, 5.74) is 18.2. The first-order valence-electron chi connectivity index (χ1n) is 17.6. The minimum Gasteiger partial charge on any atom is -0.311 e. The molecule has 0 unspecified atom stereocenters. The van der Waals surface area contributed by atoms with E-state index in [1.807, 2.05) is 0 Å². The van der Waals surface area contributed by atoms with Crippen LogP contribution >= 0.6 is 0 Å². The molecule has 0 heterocycles. The van der Waals surface area contributed by atoms with E-state index in [0.29, 0.717) is 0 Å². The Morgan fingerprint density at radius 1 is 0.255 bits per heavy atom. The van der Waals surface area contributed by atoms with Crippen LogP contribution in [0.3, 0.4) is 0 Å². The van der Waals surface area contributed by atoms with Crippen LogP contribution in [0.5, 0.6) is 0 Å². The van der Waals surface area contributed by atoms with Crippen LogP contribution in [0.4, 0.5) is 17.1 Å². The lowest BCUT2D eigenvalue weighted by Crippen LogP contribution is -2.09. The summed E-state index contributed by atoms with van der Waals surface area (Å²) in [6.45, 7) is 4.40. The first-order chi connectivity index (χ1) is 25.1. The molecule has 0 radical (unpaired) electrons. The zero-order valence-electron chi connectivity index (χ0n) is 29.0. The van der Waals surface area contributed by atoms with E-state index >= 15 is 0 Å². The average Bonchev–Trinajstić information content (AvgIpc) is 3.20. The Morgan fingerprint density at radius 3 is 1.08 bits per heavy atom. The zero-order valence-corrected chi connectivity index (χ0v) is 29.0. The van der Waals surface area contributed by atoms with E-state index < -0.39 is 0 Å². The second kappa shape index (κ2) is 14.2. The van der Waals surface area contributed by atoms with E-state index in [9.17, 15) is 0 Å². The molecule has 0 atom stereocenters. The van der Waals surface area contributed by atoms with Gasteiger partial charge in [-0.2, -0.15) is 0 Å². The molecule has 0 aromatic heterocycles. The van der Waals surface area contributed by atoms with Gasteiger partial charge >= 0.3 is 0 Å². The topological polar surface area (TPSA) is 3.24 Å². The van der Waals surface area contributed by atoms with Crippen LogP contribution in [0, 0.1) is 13.8 Å². The van der Waals surface area contributed by atoms with E-state index in [1.54, 1.807) is 0 Å². The predicted octanol–water partition coefficient (Wildman–Crippen LogP) is 14.1. The number of benzene rings is 8. The maximum Gasteiger partial charge on any atom is 0.0462 e. The number of rotatable bonds is 8. The molecule has 0 bridgehead atoms. The molecule has 8 aromatic rings. The number of hydrogen-bond acceptors (Lipinski definition) is 1. The summed E-state index contributed by atoms with van der Waals surface area (Å²) in [6.07, 6.45) is 0. The molecule has 0 saturated carbocycles. The van der Waals surface area contributed by atoms with Crippen molar-refractivity contribution in [3.05, 3.63) is 211 Å². The summed E-state index contributed by atoms with van der Waals surface area (Å²) in [6, 6.07) is 72.1. The van der Waals surface area contributed by atoms with Crippen molar-refractivity contribution in [1.29, 1.82) is 0 Å². The number of aryl methyl sites for hydroxylation is 2. The average molecular weight is 654 g/mol. The summed E-state index contributed by atoms with van der Waals surface area (Å²) in [5.74, 6) is 0. The van der Waals surface area contributed by atoms with Crippen LogP contribution in [0.15, 0.2) is 200 Å². The highest BCUT2D eigenvalue weighted by atomic mass is 15.1. The summed E-state index contributed by atoms with van der Waals surface area (Å²) in [4.78, 5) is 2.34. The Morgan fingerprint density at radius 2 is 0.608 bits per heavy atom. The molecule has 0 aliphatic heterocycles. The molecule has 8 rings (SSSR count). The van der Waals surface area contributed by atoms with E-state index in [2.05, 4.69) is 219 Å². The lowest BCUT2D eigenvalue weighted by molar-refractivity contribution is 1.28. The van der Waals surface area contributed by atoms with Crippen LogP contribution in [-0.4, -0.2) is 0 Å². The largest absolute Gasteiger partial charge is 0.311 e. The second-order valence-corrected chi connectivity index (χ2v) is 13.1. The number of anilines is 3. The molecule has 8 aromatic carbocycles. The fraction of sp³-hybridized carbons (Fsp3) is 0.0400. The molecule has 0 N–H and O–H groups in total. The molecular weight excluding hydrogens is 615 g/mol. The highest BCUT2D eigenvalue weighted by Gasteiger charge is 2.15. The lowest BCUT2D eigenvalue weighted by Gasteiger charge is -2.26. The molecule has 0 aliphatic rings. The van der Waals surface area contributed by atoms with Crippen LogP contribution < -0.4 is 4.90 Å². The van der Waals surface area contributed by atoms with Crippen LogP contribution in [0.25, 0.3) is 55.6 Å². The van der Waals surface area contributed by atoms with Gasteiger partial charge in [0.25, 0.3) is 0 Å². The van der Waals surface area contributed by atoms with Crippen molar-refractivity contribution < 1.29 is 0 Å². The zero-order chi connectivity index (χ0) is 34.6. The van der Waals surface area contributed by atoms with Gasteiger partial charge in [0.15, 0.2) is 0 Å². The molecule has 244 valence electrons. The highest BCUT2D eigenvalue weighted by molar-refractivity contribution is 5.87. The molecule has 0 saturated heterocycles. The normalized spacial score (nSPS) is 10.9. The van der Waals surface area contributed by atoms with E-state index in [4.69, 9.17) is 0 Å². The molecular formula is C50H39N. The Hall–Kier alpha value is -6.44. The molecule has 1 heteroatoms. The van der Waals surface area contributed by atoms with Gasteiger partial charge in [-0.05, 0) is 117 Å². The van der Waals surface area contributed by atoms with Gasteiger partial charge in [0.2, 0.25) is 0 Å². The predicted molar refractivity (Wildman–Crippen MR) is 218 cm³/mol. The number of nitrogens with zero attached hydrogens (tertiary/aromatic N) is 1. The van der Waals surface area contributed by atoms with Gasteiger partial charge in [-0.3, -0.25) is 0 Å². The minimum atomic E-state index is 1.11. The maximum absolute atomic E-state index is 2.34. The van der Waals surface area contributed by atoms with Crippen LogP contribution in [-0.2, 0) is 0 Å². The third-order valence-electron chi connectivity index (χ3n) is 9.80. The molecule has 0 fully saturated rings. The Kier molecular flexibility index (Phi) is 8.85. The van der Waals surface area contributed by atoms with Crippen molar-refractivity contribution in [2.24, 2.45) is 0 Å². The smallest absolute Gasteiger partial charge is 0.0462 e. The standard InChI is InChI=1S/C50H39N/c1-36-13-9-10-18-47(36)48-34-27-43(35-37(48)2)50-20-12-11-19-49(50)42-25-32-46(33-26-42)51(44-28-21-40(22-29-44)38-14-5-3-6-15-38)45-30-23-41(24-31-45)39-16-7-4-8-17-39/h3-35H,1-2H3. The van der Waals surface area contributed by atoms with Crippen molar-refractivity contribution in [2.45, 2.75) is 13.8 Å². The highest BCUT2D eigenvalue weighted by Crippen LogP contribution is 2.40. The second-order valence-electron chi connectivity index (χ2n) is 13.1. The first-order valence-corrected chi connectivity index (χ1v) is 17.6. The summed E-state index contributed by atoms with van der Waals surface area (Å²) in [5, 5.41) is 0. The third-order valence-corrected chi connectivity index (χ3v) is 9.80. The van der Waals surface area contributed by atoms with Gasteiger partial charge in [-0.1, -0.05) is 164 Å². The van der Waals surface area contributed by atoms with Crippen molar-refractivity contribution in [2.75, 3.05) is 4.90 Å². The van der Waals surface area contributed by atoms with E-state index in [1.165, 1.54) is 66.8 Å². The van der Waals surface area contributed by atoms with E-state index in [-0.39, 0.29) is 0 Å². The molecule has 0 aliphatic carbocycles. The van der Waals surface area contributed by atoms with E-state index in [0.717, 1.165) is 17.1 Å². The summed E-state index contributed by atoms with van der Waals surface area (Å²) >= 11 is 0. The fourth-order valence-corrected chi connectivity index (χ4v) is 7.10. The Labute approximate surface area is 301 Å². The van der Waals surface area contributed by atoms with Crippen LogP contribution in [0.1, 0.15) is 11.1 Å². The third kappa shape index (κ3) is 6.63. The fourth-order valence-electron chi connectivity index (χ4n) is 7.10. The lowest BCUT2D eigenvalue weighted by atomic mass is 9.90. The van der Waals surface area contributed by atoms with Gasteiger partial charge in [-0.25, -0.2) is 0 Å². The maximum atomic E-state index is 2.34. The SMILES string of the molecule is Cc1ccccc1-c1ccc(-c2ccccc2-c2ccc(N(c3ccc(-c4ccccc4)cc3)c3ccc(-c4ccccc4)cc3)cc2)cc1C. The van der Waals surface area contributed by atoms with Gasteiger partial charge < -0.3 is 4.90 Å². The molecule has 0 spiro atoms. The minimum absolute atomic E-state index is 1.11. The van der Waals surface area contributed by atoms with Crippen molar-refractivity contribution in [1.82, 2.24) is 0 Å². The van der Waals surface area contributed by atoms with Crippen molar-refractivity contribution >= 4 is 17.1 Å². The summed E-state index contributed by atoms with van der Waals surface area (Å²) < 4.78 is 0. The van der Waals surface area contributed by atoms with Crippen LogP contribution in [0.2, 0.25) is 0 Å². The molecule has 0 amide bonds. The first kappa shape index (κ1) is 31.8. The van der Waals surface area contributed by atoms with Gasteiger partial charge in [0.1, 0.15) is 0 Å². The van der Waals surface area contributed by atoms with Gasteiger partial charge in [0.05, 0.1) is 0 Å². The Balaban J connectivity index is 1.15. The quantitative estimate of drug-likeness (QED) is 0.158. The van der Waals surface area contributed by atoms with Crippen molar-refractivity contribution in [3.63, 3.8) is 0 Å². The molecule has 1 nitrogen and oxygen atoms in total.